The molecule has 3 aromatic carbocycles. The maximum Gasteiger partial charge on any atom is 0.272 e. The summed E-state index contributed by atoms with van der Waals surface area (Å²) in [6.45, 7) is 2.16. The molecule has 0 aliphatic rings. The first-order chi connectivity index (χ1) is 16.6. The number of nitrogens with one attached hydrogen (secondary N) is 1. The van der Waals surface area contributed by atoms with Gasteiger partial charge in [0.25, 0.3) is 5.91 Å². The van der Waals surface area contributed by atoms with E-state index in [1.807, 2.05) is 36.4 Å². The average molecular weight is 454 g/mol. The van der Waals surface area contributed by atoms with Gasteiger partial charge in [0.1, 0.15) is 0 Å². The number of rotatable bonds is 8. The summed E-state index contributed by atoms with van der Waals surface area (Å²) >= 11 is 0. The maximum atomic E-state index is 13.1. The number of nitrogens with zero attached hydrogens (tertiary/aromatic N) is 2. The lowest BCUT2D eigenvalue weighted by Crippen LogP contribution is -2.18. The fraction of sp³-hybridized carbons (Fsp3) is 0.179. The van der Waals surface area contributed by atoms with Crippen LogP contribution in [-0.4, -0.2) is 31.3 Å². The summed E-state index contributed by atoms with van der Waals surface area (Å²) in [6.07, 6.45) is 3.70. The average Bonchev–Trinajstić information content (AvgIpc) is 2.88. The Bertz CT molecular complexity index is 1330. The number of methoxy groups -OCH3 is 2. The number of para-hydroxylation sites is 1. The topological polar surface area (TPSA) is 72.8 Å². The lowest BCUT2D eigenvalue weighted by molar-refractivity contribution is 0.0956. The molecule has 0 bridgehead atoms. The molecule has 0 unspecified atom stereocenters. The Labute approximate surface area is 199 Å². The third-order valence-corrected chi connectivity index (χ3v) is 5.54. The lowest BCUT2D eigenvalue weighted by Gasteiger charge is -2.10. The van der Waals surface area contributed by atoms with Crippen molar-refractivity contribution in [2.45, 2.75) is 19.8 Å². The van der Waals surface area contributed by atoms with Crippen molar-refractivity contribution in [1.29, 1.82) is 0 Å². The summed E-state index contributed by atoms with van der Waals surface area (Å²) in [5.74, 6) is 0.911. The molecule has 0 aliphatic carbocycles. The van der Waals surface area contributed by atoms with Crippen LogP contribution >= 0.6 is 0 Å². The van der Waals surface area contributed by atoms with Crippen molar-refractivity contribution in [2.75, 3.05) is 14.2 Å². The molecule has 6 nitrogen and oxygen atoms in total. The number of benzene rings is 3. The van der Waals surface area contributed by atoms with Crippen LogP contribution < -0.4 is 14.9 Å². The standard InChI is InChI=1S/C28H27N3O3/c1-4-7-19-10-13-21(14-11-19)25-17-23(22-8-5-6-9-24(22)30-25)28(32)31-29-18-20-12-15-26(33-2)27(16-20)34-3/h5-6,8-18H,4,7H2,1-3H3,(H,31,32). The summed E-state index contributed by atoms with van der Waals surface area (Å²) in [5, 5.41) is 4.92. The van der Waals surface area contributed by atoms with Crippen LogP contribution in [0.3, 0.4) is 0 Å². The van der Waals surface area contributed by atoms with Crippen LogP contribution in [-0.2, 0) is 6.42 Å². The van der Waals surface area contributed by atoms with Crippen LogP contribution in [0.1, 0.15) is 34.8 Å². The molecule has 0 aliphatic heterocycles. The number of amides is 1. The molecular formula is C28H27N3O3. The predicted molar refractivity (Wildman–Crippen MR) is 136 cm³/mol. The van der Waals surface area contributed by atoms with Gasteiger partial charge in [-0.25, -0.2) is 10.4 Å². The first-order valence-corrected chi connectivity index (χ1v) is 11.2. The Balaban J connectivity index is 1.61. The Kier molecular flexibility index (Phi) is 7.18. The summed E-state index contributed by atoms with van der Waals surface area (Å²) in [4.78, 5) is 17.9. The fourth-order valence-electron chi connectivity index (χ4n) is 3.80. The van der Waals surface area contributed by atoms with E-state index in [9.17, 15) is 4.79 Å². The molecule has 1 aromatic heterocycles. The number of pyridine rings is 1. The van der Waals surface area contributed by atoms with E-state index in [1.54, 1.807) is 32.6 Å². The number of carbonyl (C=O) groups is 1. The normalized spacial score (nSPS) is 11.0. The number of ether oxygens (including phenoxy) is 2. The van der Waals surface area contributed by atoms with E-state index in [0.717, 1.165) is 40.6 Å². The molecule has 4 aromatic rings. The molecule has 6 heteroatoms. The SMILES string of the molecule is CCCc1ccc(-c2cc(C(=O)NN=Cc3ccc(OC)c(OC)c3)c3ccccc3n2)cc1. The Morgan fingerprint density at radius 2 is 1.74 bits per heavy atom. The molecule has 0 atom stereocenters. The maximum absolute atomic E-state index is 13.1. The zero-order valence-electron chi connectivity index (χ0n) is 19.5. The summed E-state index contributed by atoms with van der Waals surface area (Å²) < 4.78 is 10.6. The molecule has 1 N–H and O–H groups in total. The zero-order chi connectivity index (χ0) is 23.9. The van der Waals surface area contributed by atoms with Crippen molar-refractivity contribution in [3.63, 3.8) is 0 Å². The minimum atomic E-state index is -0.306. The van der Waals surface area contributed by atoms with Gasteiger partial charge in [-0.1, -0.05) is 55.8 Å². The summed E-state index contributed by atoms with van der Waals surface area (Å²) in [7, 11) is 3.16. The Hall–Kier alpha value is -4.19. The highest BCUT2D eigenvalue weighted by atomic mass is 16.5. The molecule has 0 fully saturated rings. The van der Waals surface area contributed by atoms with Crippen LogP contribution in [0.5, 0.6) is 11.5 Å². The number of hydrazone groups is 1. The number of aryl methyl sites for hydroxylation is 1. The zero-order valence-corrected chi connectivity index (χ0v) is 19.5. The monoisotopic (exact) mass is 453 g/mol. The van der Waals surface area contributed by atoms with Crippen molar-refractivity contribution < 1.29 is 14.3 Å². The van der Waals surface area contributed by atoms with Crippen molar-refractivity contribution >= 4 is 23.0 Å². The van der Waals surface area contributed by atoms with E-state index in [1.165, 1.54) is 5.56 Å². The summed E-state index contributed by atoms with van der Waals surface area (Å²) in [5.41, 5.74) is 7.68. The van der Waals surface area contributed by atoms with E-state index in [-0.39, 0.29) is 5.91 Å². The predicted octanol–water partition coefficient (Wildman–Crippen LogP) is 5.64. The number of hydrogen-bond donors (Lipinski definition) is 1. The molecule has 4 rings (SSSR count). The molecule has 0 saturated heterocycles. The second-order valence-corrected chi connectivity index (χ2v) is 7.83. The van der Waals surface area contributed by atoms with Crippen LogP contribution in [0.15, 0.2) is 77.9 Å². The Morgan fingerprint density at radius 3 is 2.47 bits per heavy atom. The number of hydrogen-bond acceptors (Lipinski definition) is 5. The second kappa shape index (κ2) is 10.6. The van der Waals surface area contributed by atoms with Gasteiger partial charge in [-0.05, 0) is 47.9 Å². The van der Waals surface area contributed by atoms with E-state index in [0.29, 0.717) is 17.1 Å². The van der Waals surface area contributed by atoms with Crippen LogP contribution in [0.4, 0.5) is 0 Å². The van der Waals surface area contributed by atoms with Crippen molar-refractivity contribution in [2.24, 2.45) is 5.10 Å². The van der Waals surface area contributed by atoms with Crippen LogP contribution in [0, 0.1) is 0 Å². The minimum absolute atomic E-state index is 0.306. The molecule has 172 valence electrons. The van der Waals surface area contributed by atoms with Gasteiger partial charge in [-0.3, -0.25) is 4.79 Å². The molecule has 34 heavy (non-hydrogen) atoms. The van der Waals surface area contributed by atoms with Gasteiger partial charge in [0.05, 0.1) is 37.2 Å². The number of fused-ring (bicyclic) bond motifs is 1. The van der Waals surface area contributed by atoms with Gasteiger partial charge >= 0.3 is 0 Å². The van der Waals surface area contributed by atoms with E-state index in [4.69, 9.17) is 14.5 Å². The highest BCUT2D eigenvalue weighted by Crippen LogP contribution is 2.27. The smallest absolute Gasteiger partial charge is 0.272 e. The van der Waals surface area contributed by atoms with Gasteiger partial charge in [-0.2, -0.15) is 5.10 Å². The molecular weight excluding hydrogens is 426 g/mol. The van der Waals surface area contributed by atoms with Crippen LogP contribution in [0.25, 0.3) is 22.2 Å². The van der Waals surface area contributed by atoms with Gasteiger partial charge in [0.2, 0.25) is 0 Å². The molecule has 0 radical (unpaired) electrons. The van der Waals surface area contributed by atoms with E-state index < -0.39 is 0 Å². The number of aromatic nitrogens is 1. The molecule has 0 saturated carbocycles. The lowest BCUT2D eigenvalue weighted by atomic mass is 10.0. The minimum Gasteiger partial charge on any atom is -0.493 e. The van der Waals surface area contributed by atoms with E-state index in [2.05, 4.69) is 41.7 Å². The third kappa shape index (κ3) is 5.07. The number of carbonyl (C=O) groups excluding carboxylic acids is 1. The Morgan fingerprint density at radius 1 is 0.971 bits per heavy atom. The molecule has 1 heterocycles. The highest BCUT2D eigenvalue weighted by molar-refractivity contribution is 6.07. The molecule has 1 amide bonds. The van der Waals surface area contributed by atoms with E-state index >= 15 is 0 Å². The van der Waals surface area contributed by atoms with Crippen molar-refractivity contribution in [1.82, 2.24) is 10.4 Å². The van der Waals surface area contributed by atoms with Crippen LogP contribution in [0.2, 0.25) is 0 Å². The largest absolute Gasteiger partial charge is 0.493 e. The summed E-state index contributed by atoms with van der Waals surface area (Å²) in [6, 6.07) is 23.2. The second-order valence-electron chi connectivity index (χ2n) is 7.83. The van der Waals surface area contributed by atoms with Gasteiger partial charge in [0, 0.05) is 10.9 Å². The molecule has 0 spiro atoms. The quantitative estimate of drug-likeness (QED) is 0.277. The van der Waals surface area contributed by atoms with Crippen molar-refractivity contribution in [3.8, 4) is 22.8 Å². The first-order valence-electron chi connectivity index (χ1n) is 11.2. The van der Waals surface area contributed by atoms with Crippen molar-refractivity contribution in [3.05, 3.63) is 89.5 Å². The third-order valence-electron chi connectivity index (χ3n) is 5.54. The first kappa shape index (κ1) is 23.0. The van der Waals surface area contributed by atoms with Gasteiger partial charge in [0.15, 0.2) is 11.5 Å². The highest BCUT2D eigenvalue weighted by Gasteiger charge is 2.14. The van der Waals surface area contributed by atoms with Gasteiger partial charge < -0.3 is 9.47 Å². The fourth-order valence-corrected chi connectivity index (χ4v) is 3.80. The van der Waals surface area contributed by atoms with Gasteiger partial charge in [-0.15, -0.1) is 0 Å².